The van der Waals surface area contributed by atoms with Crippen LogP contribution in [0.15, 0.2) is 12.1 Å². The molecule has 0 bridgehead atoms. The summed E-state index contributed by atoms with van der Waals surface area (Å²) in [7, 11) is 4.30. The first-order valence-corrected chi connectivity index (χ1v) is 7.51. The van der Waals surface area contributed by atoms with Gasteiger partial charge < -0.3 is 18.9 Å². The maximum atomic E-state index is 12.2. The number of amides is 2. The minimum absolute atomic E-state index is 0.0697. The van der Waals surface area contributed by atoms with E-state index in [-0.39, 0.29) is 25.0 Å². The van der Waals surface area contributed by atoms with Gasteiger partial charge in [0, 0.05) is 12.0 Å². The van der Waals surface area contributed by atoms with Crippen LogP contribution in [0.5, 0.6) is 17.2 Å². The topological polar surface area (TPSA) is 112 Å². The number of hydrogen-bond donors (Lipinski definition) is 2. The highest BCUT2D eigenvalue weighted by atomic mass is 16.5. The quantitative estimate of drug-likeness (QED) is 0.525. The van der Waals surface area contributed by atoms with Crippen LogP contribution in [0.4, 0.5) is 0 Å². The zero-order valence-electron chi connectivity index (χ0n) is 14.6. The number of methoxy groups -OCH3 is 3. The van der Waals surface area contributed by atoms with Crippen LogP contribution in [-0.4, -0.2) is 45.7 Å². The molecular weight excluding hydrogens is 332 g/mol. The van der Waals surface area contributed by atoms with Crippen molar-refractivity contribution < 1.29 is 33.3 Å². The van der Waals surface area contributed by atoms with E-state index < -0.39 is 17.8 Å². The summed E-state index contributed by atoms with van der Waals surface area (Å²) in [5.41, 5.74) is 4.67. The summed E-state index contributed by atoms with van der Waals surface area (Å²) >= 11 is 0. The molecule has 9 nitrogen and oxygen atoms in total. The minimum atomic E-state index is -0.580. The SMILES string of the molecule is CCOC(=O)CCC(=O)NNC(=O)c1cc(OC)c(OC)c(OC)c1. The van der Waals surface area contributed by atoms with Gasteiger partial charge in [-0.1, -0.05) is 0 Å². The van der Waals surface area contributed by atoms with Crippen LogP contribution in [0.25, 0.3) is 0 Å². The maximum Gasteiger partial charge on any atom is 0.306 e. The average molecular weight is 354 g/mol. The van der Waals surface area contributed by atoms with E-state index in [1.54, 1.807) is 6.92 Å². The number of hydrazine groups is 1. The Hall–Kier alpha value is -2.97. The summed E-state index contributed by atoms with van der Waals surface area (Å²) in [6, 6.07) is 2.89. The number of hydrogen-bond acceptors (Lipinski definition) is 7. The highest BCUT2D eigenvalue weighted by Gasteiger charge is 2.17. The van der Waals surface area contributed by atoms with Crippen LogP contribution in [-0.2, 0) is 14.3 Å². The van der Waals surface area contributed by atoms with Crippen LogP contribution in [0, 0.1) is 0 Å². The standard InChI is InChI=1S/C16H22N2O7/c1-5-25-14(20)7-6-13(19)17-18-16(21)10-8-11(22-2)15(24-4)12(9-10)23-3/h8-9H,5-7H2,1-4H3,(H,17,19)(H,18,21). The molecule has 1 aromatic rings. The van der Waals surface area contributed by atoms with Crippen LogP contribution < -0.4 is 25.1 Å². The van der Waals surface area contributed by atoms with Gasteiger partial charge in [-0.05, 0) is 19.1 Å². The minimum Gasteiger partial charge on any atom is -0.493 e. The zero-order chi connectivity index (χ0) is 18.8. The van der Waals surface area contributed by atoms with Gasteiger partial charge in [0.1, 0.15) is 0 Å². The van der Waals surface area contributed by atoms with Crippen molar-refractivity contribution in [2.75, 3.05) is 27.9 Å². The molecule has 0 aromatic heterocycles. The third kappa shape index (κ3) is 5.87. The molecule has 1 aromatic carbocycles. The Balaban J connectivity index is 2.68. The van der Waals surface area contributed by atoms with E-state index in [1.165, 1.54) is 33.5 Å². The largest absolute Gasteiger partial charge is 0.493 e. The van der Waals surface area contributed by atoms with E-state index in [9.17, 15) is 14.4 Å². The third-order valence-electron chi connectivity index (χ3n) is 3.10. The highest BCUT2D eigenvalue weighted by Crippen LogP contribution is 2.38. The van der Waals surface area contributed by atoms with Gasteiger partial charge >= 0.3 is 5.97 Å². The van der Waals surface area contributed by atoms with Crippen molar-refractivity contribution in [1.82, 2.24) is 10.9 Å². The van der Waals surface area contributed by atoms with Crippen molar-refractivity contribution >= 4 is 17.8 Å². The van der Waals surface area contributed by atoms with Crippen molar-refractivity contribution in [3.8, 4) is 17.2 Å². The Kier molecular flexibility index (Phi) is 8.04. The van der Waals surface area contributed by atoms with Crippen molar-refractivity contribution in [3.05, 3.63) is 17.7 Å². The number of benzene rings is 1. The van der Waals surface area contributed by atoms with Gasteiger partial charge in [0.05, 0.1) is 34.4 Å². The first-order chi connectivity index (χ1) is 12.0. The number of carbonyl (C=O) groups excluding carboxylic acids is 3. The van der Waals surface area contributed by atoms with Crippen molar-refractivity contribution in [1.29, 1.82) is 0 Å². The molecule has 0 saturated carbocycles. The molecule has 1 rings (SSSR count). The van der Waals surface area contributed by atoms with Crippen molar-refractivity contribution in [2.45, 2.75) is 19.8 Å². The smallest absolute Gasteiger partial charge is 0.306 e. The van der Waals surface area contributed by atoms with Crippen LogP contribution in [0.2, 0.25) is 0 Å². The van der Waals surface area contributed by atoms with E-state index in [2.05, 4.69) is 10.9 Å². The molecule has 25 heavy (non-hydrogen) atoms. The number of esters is 1. The van der Waals surface area contributed by atoms with E-state index in [1.807, 2.05) is 0 Å². The fourth-order valence-electron chi connectivity index (χ4n) is 1.92. The average Bonchev–Trinajstić information content (AvgIpc) is 2.63. The normalized spacial score (nSPS) is 9.76. The van der Waals surface area contributed by atoms with Gasteiger partial charge in [-0.15, -0.1) is 0 Å². The maximum absolute atomic E-state index is 12.2. The predicted molar refractivity (Wildman–Crippen MR) is 87.6 cm³/mol. The molecule has 0 aliphatic carbocycles. The molecule has 0 saturated heterocycles. The van der Waals surface area contributed by atoms with Crippen LogP contribution >= 0.6 is 0 Å². The summed E-state index contributed by atoms with van der Waals surface area (Å²) in [6.45, 7) is 1.92. The summed E-state index contributed by atoms with van der Waals surface area (Å²) in [6.07, 6.45) is -0.173. The Morgan fingerprint density at radius 2 is 1.52 bits per heavy atom. The Morgan fingerprint density at radius 3 is 2.00 bits per heavy atom. The fraction of sp³-hybridized carbons (Fsp3) is 0.438. The summed E-state index contributed by atoms with van der Waals surface area (Å²) in [4.78, 5) is 35.0. The number of rotatable bonds is 8. The van der Waals surface area contributed by atoms with Gasteiger partial charge in [0.25, 0.3) is 5.91 Å². The van der Waals surface area contributed by atoms with Crippen LogP contribution in [0.1, 0.15) is 30.1 Å². The number of ether oxygens (including phenoxy) is 4. The number of carbonyl (C=O) groups is 3. The van der Waals surface area contributed by atoms with Gasteiger partial charge in [-0.2, -0.15) is 0 Å². The lowest BCUT2D eigenvalue weighted by molar-refractivity contribution is -0.144. The molecule has 0 heterocycles. The Labute approximate surface area is 145 Å². The summed E-state index contributed by atoms with van der Waals surface area (Å²) in [5.74, 6) is -0.618. The second-order valence-electron chi connectivity index (χ2n) is 4.72. The van der Waals surface area contributed by atoms with E-state index in [4.69, 9.17) is 18.9 Å². The lowest BCUT2D eigenvalue weighted by atomic mass is 10.1. The van der Waals surface area contributed by atoms with Gasteiger partial charge in [0.15, 0.2) is 11.5 Å². The van der Waals surface area contributed by atoms with E-state index >= 15 is 0 Å². The molecule has 2 N–H and O–H groups in total. The van der Waals surface area contributed by atoms with Gasteiger partial charge in [-0.3, -0.25) is 25.2 Å². The highest BCUT2D eigenvalue weighted by molar-refractivity contribution is 5.96. The summed E-state index contributed by atoms with van der Waals surface area (Å²) in [5, 5.41) is 0. The van der Waals surface area contributed by atoms with Crippen molar-refractivity contribution in [3.63, 3.8) is 0 Å². The molecule has 0 aliphatic rings. The van der Waals surface area contributed by atoms with Gasteiger partial charge in [0.2, 0.25) is 11.7 Å². The molecule has 2 amide bonds. The Morgan fingerprint density at radius 1 is 0.920 bits per heavy atom. The van der Waals surface area contributed by atoms with Crippen LogP contribution in [0.3, 0.4) is 0 Å². The lowest BCUT2D eigenvalue weighted by Crippen LogP contribution is -2.41. The predicted octanol–water partition coefficient (Wildman–Crippen LogP) is 0.817. The molecule has 0 spiro atoms. The summed E-state index contributed by atoms with van der Waals surface area (Å²) < 4.78 is 20.2. The van der Waals surface area contributed by atoms with Crippen molar-refractivity contribution in [2.24, 2.45) is 0 Å². The first kappa shape index (κ1) is 20.1. The fourth-order valence-corrected chi connectivity index (χ4v) is 1.92. The molecular formula is C16H22N2O7. The van der Waals surface area contributed by atoms with E-state index in [0.717, 1.165) is 0 Å². The molecule has 0 fully saturated rings. The first-order valence-electron chi connectivity index (χ1n) is 7.51. The number of nitrogens with one attached hydrogen (secondary N) is 2. The second-order valence-corrected chi connectivity index (χ2v) is 4.72. The van der Waals surface area contributed by atoms with E-state index in [0.29, 0.717) is 17.2 Å². The van der Waals surface area contributed by atoms with Gasteiger partial charge in [-0.25, -0.2) is 0 Å². The third-order valence-corrected chi connectivity index (χ3v) is 3.10. The molecule has 138 valence electrons. The Bertz CT molecular complexity index is 606. The lowest BCUT2D eigenvalue weighted by Gasteiger charge is -2.14. The molecule has 0 atom stereocenters. The molecule has 0 aliphatic heterocycles. The molecule has 0 unspecified atom stereocenters. The molecule has 9 heteroatoms. The second kappa shape index (κ2) is 10.0. The molecule has 0 radical (unpaired) electrons. The zero-order valence-corrected chi connectivity index (χ0v) is 14.6. The monoisotopic (exact) mass is 354 g/mol.